The van der Waals surface area contributed by atoms with Crippen molar-refractivity contribution >= 4 is 11.6 Å². The van der Waals surface area contributed by atoms with Crippen molar-refractivity contribution in [2.24, 2.45) is 10.9 Å². The van der Waals surface area contributed by atoms with Crippen molar-refractivity contribution < 1.29 is 9.47 Å². The normalized spacial score (nSPS) is 16.8. The number of aliphatic imine (C=N–C) groups is 1. The molecule has 2 aromatic carbocycles. The summed E-state index contributed by atoms with van der Waals surface area (Å²) in [5.74, 6) is 2.50. The van der Waals surface area contributed by atoms with Crippen LogP contribution < -0.4 is 20.3 Å². The molecule has 2 N–H and O–H groups in total. The topological polar surface area (TPSA) is 58.1 Å². The highest BCUT2D eigenvalue weighted by atomic mass is 16.5. The van der Waals surface area contributed by atoms with Gasteiger partial charge in [0.05, 0.1) is 26.4 Å². The zero-order valence-electron chi connectivity index (χ0n) is 18.5. The molecular formula is C25H34N4O2. The van der Waals surface area contributed by atoms with Crippen molar-refractivity contribution in [3.63, 3.8) is 0 Å². The molecule has 1 saturated heterocycles. The van der Waals surface area contributed by atoms with Gasteiger partial charge in [-0.3, -0.25) is 0 Å². The maximum atomic E-state index is 6.04. The molecule has 2 aliphatic rings. The Morgan fingerprint density at radius 3 is 2.55 bits per heavy atom. The minimum absolute atomic E-state index is 0.585. The van der Waals surface area contributed by atoms with Crippen molar-refractivity contribution in [3.8, 4) is 5.75 Å². The Bertz CT molecular complexity index is 860. The summed E-state index contributed by atoms with van der Waals surface area (Å²) in [6, 6.07) is 16.8. The number of nitrogens with one attached hydrogen (secondary N) is 2. The molecule has 0 bridgehead atoms. The van der Waals surface area contributed by atoms with Gasteiger partial charge < -0.3 is 25.0 Å². The van der Waals surface area contributed by atoms with Gasteiger partial charge in [0.1, 0.15) is 5.75 Å². The second kappa shape index (κ2) is 11.0. The van der Waals surface area contributed by atoms with Crippen LogP contribution in [0.5, 0.6) is 5.75 Å². The molecule has 0 spiro atoms. The van der Waals surface area contributed by atoms with Crippen molar-refractivity contribution in [3.05, 3.63) is 59.7 Å². The van der Waals surface area contributed by atoms with Crippen LogP contribution in [-0.4, -0.2) is 45.4 Å². The third-order valence-electron chi connectivity index (χ3n) is 5.69. The Morgan fingerprint density at radius 2 is 1.77 bits per heavy atom. The molecule has 0 aromatic heterocycles. The number of anilines is 1. The van der Waals surface area contributed by atoms with Gasteiger partial charge in [-0.1, -0.05) is 36.4 Å². The van der Waals surface area contributed by atoms with Crippen LogP contribution in [0.4, 0.5) is 5.69 Å². The van der Waals surface area contributed by atoms with Crippen LogP contribution in [0.2, 0.25) is 0 Å². The van der Waals surface area contributed by atoms with E-state index in [-0.39, 0.29) is 0 Å². The van der Waals surface area contributed by atoms with E-state index in [2.05, 4.69) is 52.8 Å². The molecular weight excluding hydrogens is 388 g/mol. The van der Waals surface area contributed by atoms with Gasteiger partial charge in [-0.15, -0.1) is 0 Å². The van der Waals surface area contributed by atoms with Crippen LogP contribution in [-0.2, 0) is 17.8 Å². The molecule has 6 heteroatoms. The second-order valence-electron chi connectivity index (χ2n) is 8.14. The Labute approximate surface area is 185 Å². The molecule has 2 aromatic rings. The van der Waals surface area contributed by atoms with E-state index in [1.54, 1.807) is 0 Å². The lowest BCUT2D eigenvalue weighted by Gasteiger charge is -2.30. The number of guanidine groups is 1. The van der Waals surface area contributed by atoms with Crippen LogP contribution in [0.15, 0.2) is 53.5 Å². The fourth-order valence-electron chi connectivity index (χ4n) is 3.73. The van der Waals surface area contributed by atoms with Gasteiger partial charge in [0.2, 0.25) is 0 Å². The van der Waals surface area contributed by atoms with E-state index in [0.29, 0.717) is 6.54 Å². The minimum Gasteiger partial charge on any atom is -0.493 e. The first-order chi connectivity index (χ1) is 15.3. The summed E-state index contributed by atoms with van der Waals surface area (Å²) >= 11 is 0. The molecule has 31 heavy (non-hydrogen) atoms. The third kappa shape index (κ3) is 6.37. The average Bonchev–Trinajstić information content (AvgIpc) is 3.65. The highest BCUT2D eigenvalue weighted by Gasteiger charge is 2.22. The zero-order valence-corrected chi connectivity index (χ0v) is 18.5. The summed E-state index contributed by atoms with van der Waals surface area (Å²) in [5, 5.41) is 6.87. The fourth-order valence-corrected chi connectivity index (χ4v) is 3.73. The van der Waals surface area contributed by atoms with Gasteiger partial charge in [0.15, 0.2) is 5.96 Å². The average molecular weight is 423 g/mol. The summed E-state index contributed by atoms with van der Waals surface area (Å²) in [6.07, 6.45) is 2.58. The third-order valence-corrected chi connectivity index (χ3v) is 5.69. The number of para-hydroxylation sites is 2. The fraction of sp³-hybridized carbons (Fsp3) is 0.480. The molecule has 1 aliphatic heterocycles. The maximum absolute atomic E-state index is 6.04. The quantitative estimate of drug-likeness (QED) is 0.478. The molecule has 2 fully saturated rings. The van der Waals surface area contributed by atoms with E-state index in [0.717, 1.165) is 69.2 Å². The first-order valence-electron chi connectivity index (χ1n) is 11.5. The van der Waals surface area contributed by atoms with Crippen molar-refractivity contribution in [1.82, 2.24) is 10.6 Å². The van der Waals surface area contributed by atoms with Crippen LogP contribution >= 0.6 is 0 Å². The van der Waals surface area contributed by atoms with Gasteiger partial charge in [-0.2, -0.15) is 0 Å². The van der Waals surface area contributed by atoms with Gasteiger partial charge in [-0.05, 0) is 43.4 Å². The van der Waals surface area contributed by atoms with E-state index >= 15 is 0 Å². The van der Waals surface area contributed by atoms with E-state index in [4.69, 9.17) is 14.5 Å². The monoisotopic (exact) mass is 422 g/mol. The van der Waals surface area contributed by atoms with Crippen LogP contribution in [0, 0.1) is 5.92 Å². The summed E-state index contributed by atoms with van der Waals surface area (Å²) in [4.78, 5) is 7.23. The summed E-state index contributed by atoms with van der Waals surface area (Å²) < 4.78 is 11.6. The number of ether oxygens (including phenoxy) is 2. The first kappa shape index (κ1) is 21.5. The van der Waals surface area contributed by atoms with Gasteiger partial charge in [-0.25, -0.2) is 4.99 Å². The number of hydrogen-bond acceptors (Lipinski definition) is 4. The molecule has 0 atom stereocenters. The lowest BCUT2D eigenvalue weighted by Crippen LogP contribution is -2.39. The molecule has 0 amide bonds. The lowest BCUT2D eigenvalue weighted by atomic mass is 10.1. The van der Waals surface area contributed by atoms with E-state index < -0.39 is 0 Å². The van der Waals surface area contributed by atoms with Crippen molar-refractivity contribution in [1.29, 1.82) is 0 Å². The number of rotatable bonds is 9. The highest BCUT2D eigenvalue weighted by molar-refractivity contribution is 5.80. The van der Waals surface area contributed by atoms with Crippen LogP contribution in [0.25, 0.3) is 0 Å². The molecule has 4 rings (SSSR count). The summed E-state index contributed by atoms with van der Waals surface area (Å²) in [6.45, 7) is 8.47. The Hall–Kier alpha value is -2.73. The molecule has 6 nitrogen and oxygen atoms in total. The number of morpholine rings is 1. The van der Waals surface area contributed by atoms with Gasteiger partial charge in [0.25, 0.3) is 0 Å². The summed E-state index contributed by atoms with van der Waals surface area (Å²) in [7, 11) is 0. The van der Waals surface area contributed by atoms with Crippen LogP contribution in [0.3, 0.4) is 0 Å². The Kier molecular flexibility index (Phi) is 7.66. The first-order valence-corrected chi connectivity index (χ1v) is 11.5. The molecule has 0 radical (unpaired) electrons. The predicted octanol–water partition coefficient (Wildman–Crippen LogP) is 3.57. The zero-order chi connectivity index (χ0) is 21.3. The lowest BCUT2D eigenvalue weighted by molar-refractivity contribution is 0.122. The minimum atomic E-state index is 0.585. The molecule has 1 heterocycles. The Balaban J connectivity index is 1.40. The van der Waals surface area contributed by atoms with Gasteiger partial charge >= 0.3 is 0 Å². The van der Waals surface area contributed by atoms with Crippen molar-refractivity contribution in [2.75, 3.05) is 44.4 Å². The van der Waals surface area contributed by atoms with E-state index in [9.17, 15) is 0 Å². The number of hydrogen-bond donors (Lipinski definition) is 2. The maximum Gasteiger partial charge on any atom is 0.191 e. The largest absolute Gasteiger partial charge is 0.493 e. The SMILES string of the molecule is CCNC(=NCc1ccccc1OCC1CC1)NCc1ccccc1N1CCOCC1. The smallest absolute Gasteiger partial charge is 0.191 e. The highest BCUT2D eigenvalue weighted by Crippen LogP contribution is 2.30. The Morgan fingerprint density at radius 1 is 1.03 bits per heavy atom. The molecule has 0 unspecified atom stereocenters. The molecule has 166 valence electrons. The predicted molar refractivity (Wildman–Crippen MR) is 126 cm³/mol. The van der Waals surface area contributed by atoms with Crippen molar-refractivity contribution in [2.45, 2.75) is 32.9 Å². The number of benzene rings is 2. The van der Waals surface area contributed by atoms with E-state index in [1.165, 1.54) is 24.1 Å². The second-order valence-corrected chi connectivity index (χ2v) is 8.14. The van der Waals surface area contributed by atoms with Crippen LogP contribution in [0.1, 0.15) is 30.9 Å². The summed E-state index contributed by atoms with van der Waals surface area (Å²) in [5.41, 5.74) is 3.66. The molecule has 1 aliphatic carbocycles. The standard InChI is InChI=1S/C25H34N4O2/c1-2-26-25(28-18-22-8-4-6-10-24(22)31-19-20-11-12-20)27-17-21-7-3-5-9-23(21)29-13-15-30-16-14-29/h3-10,20H,2,11-19H2,1H3,(H2,26,27,28). The van der Waals surface area contributed by atoms with E-state index in [1.807, 2.05) is 18.2 Å². The molecule has 1 saturated carbocycles. The van der Waals surface area contributed by atoms with Gasteiger partial charge in [0, 0.05) is 37.4 Å². The number of nitrogens with zero attached hydrogens (tertiary/aromatic N) is 2.